The van der Waals surface area contributed by atoms with Crippen LogP contribution in [0.25, 0.3) is 0 Å². The molecular weight excluding hydrogens is 240 g/mol. The average molecular weight is 258 g/mol. The topological polar surface area (TPSA) is 43.4 Å². The highest BCUT2D eigenvalue weighted by Gasteiger charge is 2.10. The van der Waals surface area contributed by atoms with Gasteiger partial charge in [0.2, 0.25) is 5.88 Å². The molecule has 1 N–H and O–H groups in total. The zero-order chi connectivity index (χ0) is 13.7. The van der Waals surface area contributed by atoms with Crippen molar-refractivity contribution < 1.29 is 9.47 Å². The first kappa shape index (κ1) is 13.2. The molecular formula is C15H18N2O2. The Bertz CT molecular complexity index is 526. The Morgan fingerprint density at radius 3 is 2.47 bits per heavy atom. The van der Waals surface area contributed by atoms with Gasteiger partial charge in [0.05, 0.1) is 32.1 Å². The maximum absolute atomic E-state index is 5.37. The summed E-state index contributed by atoms with van der Waals surface area (Å²) in [7, 11) is 3.29. The van der Waals surface area contributed by atoms with E-state index in [4.69, 9.17) is 9.47 Å². The summed E-state index contributed by atoms with van der Waals surface area (Å²) in [5.41, 5.74) is 2.06. The largest absolute Gasteiger partial charge is 0.496 e. The number of ether oxygens (including phenoxy) is 2. The van der Waals surface area contributed by atoms with Gasteiger partial charge in [0.1, 0.15) is 5.75 Å². The van der Waals surface area contributed by atoms with Crippen LogP contribution in [0.2, 0.25) is 0 Å². The predicted molar refractivity (Wildman–Crippen MR) is 75.8 cm³/mol. The van der Waals surface area contributed by atoms with Gasteiger partial charge in [-0.3, -0.25) is 0 Å². The molecule has 1 aromatic heterocycles. The molecule has 0 saturated carbocycles. The summed E-state index contributed by atoms with van der Waals surface area (Å²) in [6.07, 6.45) is 1.75. The first-order chi connectivity index (χ1) is 9.24. The number of methoxy groups -OCH3 is 2. The van der Waals surface area contributed by atoms with Gasteiger partial charge in [-0.2, -0.15) is 0 Å². The molecule has 100 valence electrons. The van der Waals surface area contributed by atoms with Crippen molar-refractivity contribution in [3.63, 3.8) is 0 Å². The van der Waals surface area contributed by atoms with E-state index in [1.54, 1.807) is 20.4 Å². The van der Waals surface area contributed by atoms with Gasteiger partial charge < -0.3 is 14.8 Å². The number of aromatic nitrogens is 1. The molecule has 4 nitrogen and oxygen atoms in total. The number of rotatable bonds is 5. The highest BCUT2D eigenvalue weighted by molar-refractivity contribution is 5.47. The maximum atomic E-state index is 5.37. The fourth-order valence-corrected chi connectivity index (χ4v) is 1.94. The van der Waals surface area contributed by atoms with Gasteiger partial charge in [-0.25, -0.2) is 4.98 Å². The molecule has 2 rings (SSSR count). The second kappa shape index (κ2) is 6.09. The van der Waals surface area contributed by atoms with E-state index in [0.29, 0.717) is 5.88 Å². The van der Waals surface area contributed by atoms with Crippen molar-refractivity contribution in [2.75, 3.05) is 19.5 Å². The van der Waals surface area contributed by atoms with E-state index >= 15 is 0 Å². The third-order valence-electron chi connectivity index (χ3n) is 2.93. The Kier molecular flexibility index (Phi) is 4.23. The van der Waals surface area contributed by atoms with Crippen LogP contribution in [0.4, 0.5) is 5.69 Å². The molecule has 1 aromatic carbocycles. The third-order valence-corrected chi connectivity index (χ3v) is 2.93. The lowest BCUT2D eigenvalue weighted by molar-refractivity contribution is 0.398. The molecule has 1 atom stereocenters. The van der Waals surface area contributed by atoms with Crippen LogP contribution in [-0.4, -0.2) is 19.2 Å². The van der Waals surface area contributed by atoms with Crippen LogP contribution in [0.15, 0.2) is 42.6 Å². The smallest absolute Gasteiger partial charge is 0.213 e. The van der Waals surface area contributed by atoms with Gasteiger partial charge >= 0.3 is 0 Å². The minimum atomic E-state index is 0.131. The lowest BCUT2D eigenvalue weighted by atomic mass is 10.1. The van der Waals surface area contributed by atoms with Gasteiger partial charge in [0, 0.05) is 11.6 Å². The van der Waals surface area contributed by atoms with Crippen LogP contribution in [0.3, 0.4) is 0 Å². The normalized spacial score (nSPS) is 11.7. The molecule has 0 spiro atoms. The quantitative estimate of drug-likeness (QED) is 0.893. The Morgan fingerprint density at radius 2 is 1.84 bits per heavy atom. The molecule has 4 heteroatoms. The molecule has 1 heterocycles. The van der Waals surface area contributed by atoms with Crippen molar-refractivity contribution in [1.29, 1.82) is 0 Å². The van der Waals surface area contributed by atoms with Crippen molar-refractivity contribution in [3.8, 4) is 11.6 Å². The number of para-hydroxylation sites is 1. The summed E-state index contributed by atoms with van der Waals surface area (Å²) in [5.74, 6) is 1.49. The Hall–Kier alpha value is -2.23. The maximum Gasteiger partial charge on any atom is 0.213 e. The minimum absolute atomic E-state index is 0.131. The zero-order valence-electron chi connectivity index (χ0n) is 11.4. The van der Waals surface area contributed by atoms with Gasteiger partial charge in [0.25, 0.3) is 0 Å². The molecule has 0 aliphatic carbocycles. The van der Waals surface area contributed by atoms with Crippen LogP contribution in [0, 0.1) is 0 Å². The molecule has 0 radical (unpaired) electrons. The van der Waals surface area contributed by atoms with Gasteiger partial charge in [-0.05, 0) is 19.1 Å². The van der Waals surface area contributed by atoms with E-state index in [1.165, 1.54) is 0 Å². The number of nitrogens with one attached hydrogen (secondary N) is 1. The molecule has 0 aliphatic heterocycles. The molecule has 0 bridgehead atoms. The van der Waals surface area contributed by atoms with Crippen molar-refractivity contribution in [3.05, 3.63) is 48.2 Å². The molecule has 0 fully saturated rings. The van der Waals surface area contributed by atoms with E-state index in [0.717, 1.165) is 17.0 Å². The number of anilines is 1. The highest BCUT2D eigenvalue weighted by Crippen LogP contribution is 2.27. The first-order valence-electron chi connectivity index (χ1n) is 6.14. The summed E-state index contributed by atoms with van der Waals surface area (Å²) in [6.45, 7) is 2.09. The van der Waals surface area contributed by atoms with Gasteiger partial charge in [-0.1, -0.05) is 18.2 Å². The van der Waals surface area contributed by atoms with Crippen molar-refractivity contribution in [2.45, 2.75) is 13.0 Å². The van der Waals surface area contributed by atoms with Crippen LogP contribution < -0.4 is 14.8 Å². The standard InChI is InChI=1S/C15H18N2O2/c1-11(13-6-4-5-7-14(13)18-2)17-12-8-9-15(19-3)16-10-12/h4-11,17H,1-3H3. The van der Waals surface area contributed by atoms with Gasteiger partial charge in [0.15, 0.2) is 0 Å². The lowest BCUT2D eigenvalue weighted by Crippen LogP contribution is -2.08. The Balaban J connectivity index is 2.13. The number of hydrogen-bond acceptors (Lipinski definition) is 4. The predicted octanol–water partition coefficient (Wildman–Crippen LogP) is 3.27. The molecule has 1 unspecified atom stereocenters. The van der Waals surface area contributed by atoms with Crippen LogP contribution in [-0.2, 0) is 0 Å². The van der Waals surface area contributed by atoms with Crippen molar-refractivity contribution in [1.82, 2.24) is 4.98 Å². The van der Waals surface area contributed by atoms with E-state index in [1.807, 2.05) is 36.4 Å². The molecule has 0 saturated heterocycles. The van der Waals surface area contributed by atoms with E-state index in [9.17, 15) is 0 Å². The fraction of sp³-hybridized carbons (Fsp3) is 0.267. The molecule has 2 aromatic rings. The summed E-state index contributed by atoms with van der Waals surface area (Å²) in [5, 5.41) is 3.39. The van der Waals surface area contributed by atoms with Crippen molar-refractivity contribution in [2.24, 2.45) is 0 Å². The Morgan fingerprint density at radius 1 is 1.05 bits per heavy atom. The first-order valence-corrected chi connectivity index (χ1v) is 6.14. The fourth-order valence-electron chi connectivity index (χ4n) is 1.94. The van der Waals surface area contributed by atoms with Crippen LogP contribution >= 0.6 is 0 Å². The monoisotopic (exact) mass is 258 g/mol. The molecule has 0 amide bonds. The summed E-state index contributed by atoms with van der Waals surface area (Å²) in [4.78, 5) is 4.17. The molecule has 19 heavy (non-hydrogen) atoms. The third kappa shape index (κ3) is 3.16. The number of nitrogens with zero attached hydrogens (tertiary/aromatic N) is 1. The second-order valence-electron chi connectivity index (χ2n) is 4.20. The van der Waals surface area contributed by atoms with Crippen LogP contribution in [0.5, 0.6) is 11.6 Å². The SMILES string of the molecule is COc1ccc(NC(C)c2ccccc2OC)cn1. The van der Waals surface area contributed by atoms with Crippen LogP contribution in [0.1, 0.15) is 18.5 Å². The number of pyridine rings is 1. The second-order valence-corrected chi connectivity index (χ2v) is 4.20. The lowest BCUT2D eigenvalue weighted by Gasteiger charge is -2.18. The summed E-state index contributed by atoms with van der Waals surface area (Å²) in [6, 6.07) is 11.9. The van der Waals surface area contributed by atoms with Gasteiger partial charge in [-0.15, -0.1) is 0 Å². The summed E-state index contributed by atoms with van der Waals surface area (Å²) >= 11 is 0. The highest BCUT2D eigenvalue weighted by atomic mass is 16.5. The summed E-state index contributed by atoms with van der Waals surface area (Å²) < 4.78 is 10.4. The Labute approximate surface area is 113 Å². The minimum Gasteiger partial charge on any atom is -0.496 e. The average Bonchev–Trinajstić information content (AvgIpc) is 2.48. The van der Waals surface area contributed by atoms with E-state index in [2.05, 4.69) is 17.2 Å². The number of benzene rings is 1. The number of hydrogen-bond donors (Lipinski definition) is 1. The van der Waals surface area contributed by atoms with E-state index < -0.39 is 0 Å². The zero-order valence-corrected chi connectivity index (χ0v) is 11.4. The van der Waals surface area contributed by atoms with Crippen molar-refractivity contribution >= 4 is 5.69 Å². The van der Waals surface area contributed by atoms with E-state index in [-0.39, 0.29) is 6.04 Å². The molecule has 0 aliphatic rings.